The molecule has 6 bridgehead atoms. The predicted octanol–water partition coefficient (Wildman–Crippen LogP) is 4.19. The van der Waals surface area contributed by atoms with E-state index in [-0.39, 0.29) is 27.8 Å². The van der Waals surface area contributed by atoms with Gasteiger partial charge in [0.05, 0.1) is 18.3 Å². The summed E-state index contributed by atoms with van der Waals surface area (Å²) in [6, 6.07) is 4.51. The molecule has 1 spiro atoms. The molecule has 1 aliphatic heterocycles. The molecule has 7 rings (SSSR count). The molecule has 5 fully saturated rings. The molecule has 6 aliphatic rings. The van der Waals surface area contributed by atoms with Crippen LogP contribution in [0.25, 0.3) is 0 Å². The van der Waals surface area contributed by atoms with E-state index in [2.05, 4.69) is 30.9 Å². The number of fused-ring (bicyclic) bond motifs is 2. The topological polar surface area (TPSA) is 62.2 Å². The van der Waals surface area contributed by atoms with Crippen molar-refractivity contribution in [1.82, 2.24) is 4.90 Å². The molecule has 0 unspecified atom stereocenters. The van der Waals surface area contributed by atoms with Crippen molar-refractivity contribution in [3.8, 4) is 11.5 Å². The molecule has 4 saturated carbocycles. The molecule has 1 aromatic carbocycles. The lowest BCUT2D eigenvalue weighted by molar-refractivity contribution is -0.166. The Morgan fingerprint density at radius 1 is 1.21 bits per heavy atom. The number of piperidine rings is 1. The van der Waals surface area contributed by atoms with Crippen LogP contribution < -0.4 is 4.74 Å². The molecule has 0 aromatic heterocycles. The zero-order chi connectivity index (χ0) is 23.6. The Hall–Kier alpha value is -1.56. The number of phenolic OH excluding ortho intramolecular Hbond substituents is 1. The third-order valence-corrected chi connectivity index (χ3v) is 10.9. The van der Waals surface area contributed by atoms with Crippen LogP contribution in [0.3, 0.4) is 0 Å². The minimum atomic E-state index is -0.848. The number of methoxy groups -OCH3 is 2. The van der Waals surface area contributed by atoms with Gasteiger partial charge in [0.1, 0.15) is 0 Å². The van der Waals surface area contributed by atoms with Crippen molar-refractivity contribution in [3.05, 3.63) is 34.9 Å². The van der Waals surface area contributed by atoms with Gasteiger partial charge in [-0.05, 0) is 83.4 Å². The molecule has 2 N–H and O–H groups in total. The van der Waals surface area contributed by atoms with E-state index in [0.29, 0.717) is 17.5 Å². The van der Waals surface area contributed by atoms with E-state index in [9.17, 15) is 10.2 Å². The first-order valence-electron chi connectivity index (χ1n) is 12.6. The largest absolute Gasteiger partial charge is 0.504 e. The Kier molecular flexibility index (Phi) is 4.22. The first-order valence-corrected chi connectivity index (χ1v) is 12.6. The van der Waals surface area contributed by atoms with Crippen LogP contribution in [-0.2, 0) is 16.6 Å². The van der Waals surface area contributed by atoms with E-state index in [1.807, 2.05) is 27.0 Å². The molecule has 0 radical (unpaired) electrons. The van der Waals surface area contributed by atoms with Gasteiger partial charge < -0.3 is 19.7 Å². The van der Waals surface area contributed by atoms with E-state index in [1.54, 1.807) is 7.11 Å². The van der Waals surface area contributed by atoms with Crippen molar-refractivity contribution in [3.63, 3.8) is 0 Å². The van der Waals surface area contributed by atoms with Gasteiger partial charge in [0.25, 0.3) is 0 Å². The fraction of sp³-hybridized carbons (Fsp3) is 0.714. The average molecular weight is 454 g/mol. The molecule has 1 saturated heterocycles. The molecule has 1 heterocycles. The maximum absolute atomic E-state index is 11.7. The zero-order valence-corrected chi connectivity index (χ0v) is 21.0. The van der Waals surface area contributed by atoms with Gasteiger partial charge in [-0.3, -0.25) is 4.90 Å². The van der Waals surface area contributed by atoms with Crippen LogP contribution >= 0.6 is 0 Å². The molecule has 5 nitrogen and oxygen atoms in total. The second-order valence-corrected chi connectivity index (χ2v) is 12.3. The highest BCUT2D eigenvalue weighted by Crippen LogP contribution is 2.93. The Labute approximate surface area is 197 Å². The van der Waals surface area contributed by atoms with Gasteiger partial charge in [-0.1, -0.05) is 17.7 Å². The molecule has 5 heteroatoms. The van der Waals surface area contributed by atoms with E-state index in [0.717, 1.165) is 50.8 Å². The number of benzene rings is 1. The summed E-state index contributed by atoms with van der Waals surface area (Å²) < 4.78 is 12.0. The monoisotopic (exact) mass is 453 g/mol. The van der Waals surface area contributed by atoms with Crippen molar-refractivity contribution in [1.29, 1.82) is 0 Å². The third-order valence-electron chi connectivity index (χ3n) is 10.9. The molecule has 33 heavy (non-hydrogen) atoms. The first kappa shape index (κ1) is 21.9. The second-order valence-electron chi connectivity index (χ2n) is 12.3. The Balaban J connectivity index is 1.62. The number of rotatable bonds is 5. The van der Waals surface area contributed by atoms with Gasteiger partial charge in [-0.25, -0.2) is 0 Å². The number of allylic oxidation sites excluding steroid dienone is 1. The SMILES string of the molecule is COc1ccc2c(c1O)[C@]13CCN(CC=C(C)C)[C@H](C2)[C@]12CC[C@]1(OC)[C@@H]3[C@@]1(C(C)(C)O)C2. The van der Waals surface area contributed by atoms with E-state index < -0.39 is 5.60 Å². The third kappa shape index (κ3) is 2.13. The van der Waals surface area contributed by atoms with Crippen LogP contribution in [0.2, 0.25) is 0 Å². The first-order chi connectivity index (χ1) is 15.6. The Morgan fingerprint density at radius 2 is 1.97 bits per heavy atom. The van der Waals surface area contributed by atoms with Gasteiger partial charge in [0.2, 0.25) is 0 Å². The van der Waals surface area contributed by atoms with Crippen molar-refractivity contribution < 1.29 is 19.7 Å². The molecule has 6 atom stereocenters. The number of likely N-dealkylation sites (tertiary alicyclic amines) is 1. The number of hydrogen-bond acceptors (Lipinski definition) is 5. The van der Waals surface area contributed by atoms with Gasteiger partial charge in [-0.15, -0.1) is 0 Å². The summed E-state index contributed by atoms with van der Waals surface area (Å²) in [5.41, 5.74) is 2.10. The molecule has 5 aliphatic carbocycles. The fourth-order valence-electron chi connectivity index (χ4n) is 9.98. The number of nitrogens with zero attached hydrogens (tertiary/aromatic N) is 1. The van der Waals surface area contributed by atoms with Crippen LogP contribution in [0.5, 0.6) is 11.5 Å². The lowest BCUT2D eigenvalue weighted by atomic mass is 9.43. The van der Waals surface area contributed by atoms with E-state index >= 15 is 0 Å². The van der Waals surface area contributed by atoms with E-state index in [1.165, 1.54) is 11.1 Å². The summed E-state index contributed by atoms with van der Waals surface area (Å²) in [6.45, 7) is 10.3. The summed E-state index contributed by atoms with van der Waals surface area (Å²) in [6.07, 6.45) is 7.33. The van der Waals surface area contributed by atoms with Crippen molar-refractivity contribution in [2.24, 2.45) is 16.7 Å². The van der Waals surface area contributed by atoms with Gasteiger partial charge in [-0.2, -0.15) is 0 Å². The second kappa shape index (κ2) is 6.35. The average Bonchev–Trinajstić information content (AvgIpc) is 3.30. The highest BCUT2D eigenvalue weighted by Gasteiger charge is 2.97. The van der Waals surface area contributed by atoms with Crippen LogP contribution in [0, 0.1) is 16.7 Å². The molecule has 1 aromatic rings. The van der Waals surface area contributed by atoms with E-state index in [4.69, 9.17) is 9.47 Å². The zero-order valence-electron chi connectivity index (χ0n) is 21.0. The summed E-state index contributed by atoms with van der Waals surface area (Å²) in [7, 11) is 3.48. The minimum Gasteiger partial charge on any atom is -0.504 e. The van der Waals surface area contributed by atoms with Crippen LogP contribution in [0.1, 0.15) is 64.5 Å². The summed E-state index contributed by atoms with van der Waals surface area (Å²) in [5, 5.41) is 23.3. The van der Waals surface area contributed by atoms with Crippen molar-refractivity contribution >= 4 is 0 Å². The molecular weight excluding hydrogens is 414 g/mol. The number of aromatic hydroxyl groups is 1. The number of ether oxygens (including phenoxy) is 2. The lowest BCUT2D eigenvalue weighted by Gasteiger charge is -2.67. The fourth-order valence-corrected chi connectivity index (χ4v) is 9.98. The van der Waals surface area contributed by atoms with Crippen molar-refractivity contribution in [2.75, 3.05) is 27.3 Å². The number of phenols is 1. The number of aliphatic hydroxyl groups is 1. The van der Waals surface area contributed by atoms with Crippen LogP contribution in [-0.4, -0.2) is 59.7 Å². The maximum Gasteiger partial charge on any atom is 0.161 e. The highest BCUT2D eigenvalue weighted by molar-refractivity contribution is 5.63. The normalized spacial score (nSPS) is 42.4. The van der Waals surface area contributed by atoms with Crippen LogP contribution in [0.15, 0.2) is 23.8 Å². The molecular formula is C28H39NO4. The van der Waals surface area contributed by atoms with Gasteiger partial charge in [0, 0.05) is 42.0 Å². The number of hydrogen-bond donors (Lipinski definition) is 2. The lowest BCUT2D eigenvalue weighted by Crippen LogP contribution is -2.70. The summed E-state index contributed by atoms with van der Waals surface area (Å²) >= 11 is 0. The predicted molar refractivity (Wildman–Crippen MR) is 128 cm³/mol. The maximum atomic E-state index is 11.7. The van der Waals surface area contributed by atoms with Crippen LogP contribution in [0.4, 0.5) is 0 Å². The summed E-state index contributed by atoms with van der Waals surface area (Å²) in [4.78, 5) is 2.69. The standard InChI is InChI=1S/C28H39NO4/c1-17(2)9-13-29-14-12-26-21-18(7-8-19(32-5)22(21)30)15-20(29)25(26)10-11-28(33-6)23(26)27(28,16-25)24(3,4)31/h7-9,20,23,30-31H,10-16H2,1-6H3/t20-,23+,25-,26+,27-,28+/m1/s1. The molecule has 0 amide bonds. The smallest absolute Gasteiger partial charge is 0.161 e. The Bertz CT molecular complexity index is 1050. The summed E-state index contributed by atoms with van der Waals surface area (Å²) in [5.74, 6) is 1.09. The molecule has 180 valence electrons. The van der Waals surface area contributed by atoms with Crippen molar-refractivity contribution in [2.45, 2.75) is 82.5 Å². The van der Waals surface area contributed by atoms with Gasteiger partial charge in [0.15, 0.2) is 11.5 Å². The van der Waals surface area contributed by atoms with Gasteiger partial charge >= 0.3 is 0 Å². The minimum absolute atomic E-state index is 0.0303. The Morgan fingerprint density at radius 3 is 2.61 bits per heavy atom. The highest BCUT2D eigenvalue weighted by atomic mass is 16.5. The quantitative estimate of drug-likeness (QED) is 0.655.